The van der Waals surface area contributed by atoms with Crippen LogP contribution < -0.4 is 11.1 Å². The molecule has 0 saturated heterocycles. The number of hydrogen-bond donors (Lipinski definition) is 2. The van der Waals surface area contributed by atoms with E-state index in [0.717, 1.165) is 18.5 Å². The number of guanidine groups is 1. The van der Waals surface area contributed by atoms with E-state index < -0.39 is 0 Å². The summed E-state index contributed by atoms with van der Waals surface area (Å²) in [7, 11) is 1.78. The number of ether oxygens (including phenoxy) is 1. The quantitative estimate of drug-likeness (QED) is 0.344. The predicted octanol–water partition coefficient (Wildman–Crippen LogP) is 1.90. The van der Waals surface area contributed by atoms with Crippen molar-refractivity contribution in [3.8, 4) is 0 Å². The van der Waals surface area contributed by atoms with Gasteiger partial charge in [0.2, 0.25) is 0 Å². The third-order valence-corrected chi connectivity index (χ3v) is 2.96. The fourth-order valence-corrected chi connectivity index (χ4v) is 2.06. The summed E-state index contributed by atoms with van der Waals surface area (Å²) in [5.74, 6) is 1.06. The van der Waals surface area contributed by atoms with Crippen molar-refractivity contribution in [3.05, 3.63) is 12.2 Å². The summed E-state index contributed by atoms with van der Waals surface area (Å²) in [5.41, 5.74) is 6.76. The molecular weight excluding hydrogens is 329 g/mol. The van der Waals surface area contributed by atoms with Crippen LogP contribution in [0.2, 0.25) is 0 Å². The van der Waals surface area contributed by atoms with Gasteiger partial charge in [0, 0.05) is 19.6 Å². The molecule has 0 aromatic rings. The molecule has 1 fully saturated rings. The summed E-state index contributed by atoms with van der Waals surface area (Å²) in [6.07, 6.45) is 3.99. The van der Waals surface area contributed by atoms with Crippen LogP contribution in [0.1, 0.15) is 26.2 Å². The molecule has 2 unspecified atom stereocenters. The Morgan fingerprint density at radius 3 is 2.82 bits per heavy atom. The topological polar surface area (TPSA) is 59.6 Å². The number of nitrogens with one attached hydrogen (secondary N) is 1. The van der Waals surface area contributed by atoms with Crippen LogP contribution >= 0.6 is 24.0 Å². The average molecular weight is 353 g/mol. The Bertz CT molecular complexity index is 268. The molecule has 5 heteroatoms. The standard InChI is InChI=1S/C12H23N3O.HI/c1-9(2)7-14-12(13)15-8-10-5-4-6-11(10)16-3;/h10-11H,1,4-8H2,2-3H3,(H3,13,14,15);1H. The lowest BCUT2D eigenvalue weighted by Gasteiger charge is -2.18. The maximum absolute atomic E-state index is 5.74. The van der Waals surface area contributed by atoms with Crippen molar-refractivity contribution >= 4 is 29.9 Å². The highest BCUT2D eigenvalue weighted by molar-refractivity contribution is 14.0. The van der Waals surface area contributed by atoms with Gasteiger partial charge in [0.25, 0.3) is 0 Å². The van der Waals surface area contributed by atoms with E-state index in [0.29, 0.717) is 24.5 Å². The molecule has 1 rings (SSSR count). The number of aliphatic imine (C=N–C) groups is 1. The molecule has 2 atom stereocenters. The molecule has 0 aliphatic heterocycles. The maximum Gasteiger partial charge on any atom is 0.188 e. The lowest BCUT2D eigenvalue weighted by atomic mass is 10.1. The molecule has 1 aliphatic rings. The van der Waals surface area contributed by atoms with Gasteiger partial charge >= 0.3 is 0 Å². The van der Waals surface area contributed by atoms with Crippen LogP contribution in [0.5, 0.6) is 0 Å². The van der Waals surface area contributed by atoms with E-state index in [2.05, 4.69) is 16.9 Å². The van der Waals surface area contributed by atoms with Crippen molar-refractivity contribution in [1.82, 2.24) is 5.32 Å². The number of hydrogen-bond acceptors (Lipinski definition) is 2. The fourth-order valence-electron chi connectivity index (χ4n) is 2.06. The van der Waals surface area contributed by atoms with Gasteiger partial charge in [0.05, 0.1) is 12.6 Å². The molecule has 1 aliphatic carbocycles. The van der Waals surface area contributed by atoms with Gasteiger partial charge in [-0.25, -0.2) is 4.99 Å². The lowest BCUT2D eigenvalue weighted by Crippen LogP contribution is -2.37. The zero-order valence-corrected chi connectivity index (χ0v) is 13.1. The van der Waals surface area contributed by atoms with E-state index in [1.54, 1.807) is 7.11 Å². The Morgan fingerprint density at radius 1 is 1.53 bits per heavy atom. The van der Waals surface area contributed by atoms with Crippen LogP contribution in [0.15, 0.2) is 17.1 Å². The molecule has 4 nitrogen and oxygen atoms in total. The first-order chi connectivity index (χ1) is 7.63. The van der Waals surface area contributed by atoms with Crippen LogP contribution in [0, 0.1) is 5.92 Å². The van der Waals surface area contributed by atoms with Crippen molar-refractivity contribution < 1.29 is 4.74 Å². The van der Waals surface area contributed by atoms with Gasteiger partial charge < -0.3 is 15.8 Å². The first-order valence-electron chi connectivity index (χ1n) is 5.84. The van der Waals surface area contributed by atoms with E-state index in [4.69, 9.17) is 10.5 Å². The minimum absolute atomic E-state index is 0. The van der Waals surface area contributed by atoms with E-state index >= 15 is 0 Å². The number of nitrogens with zero attached hydrogens (tertiary/aromatic N) is 1. The number of nitrogens with two attached hydrogens (primary N) is 1. The Morgan fingerprint density at radius 2 is 2.24 bits per heavy atom. The Kier molecular flexibility index (Phi) is 8.59. The van der Waals surface area contributed by atoms with Crippen molar-refractivity contribution in [2.24, 2.45) is 16.6 Å². The van der Waals surface area contributed by atoms with Crippen LogP contribution in [0.25, 0.3) is 0 Å². The van der Waals surface area contributed by atoms with Crippen molar-refractivity contribution in [2.75, 3.05) is 20.2 Å². The zero-order valence-electron chi connectivity index (χ0n) is 10.7. The summed E-state index contributed by atoms with van der Waals surface area (Å²) in [6.45, 7) is 7.16. The largest absolute Gasteiger partial charge is 0.381 e. The molecule has 0 bridgehead atoms. The van der Waals surface area contributed by atoms with E-state index in [1.807, 2.05) is 6.92 Å². The summed E-state index contributed by atoms with van der Waals surface area (Å²) in [5, 5.41) is 3.15. The average Bonchev–Trinajstić information content (AvgIpc) is 2.70. The second kappa shape index (κ2) is 8.74. The fraction of sp³-hybridized carbons (Fsp3) is 0.750. The van der Waals surface area contributed by atoms with Crippen molar-refractivity contribution in [2.45, 2.75) is 32.3 Å². The molecule has 0 amide bonds. The Balaban J connectivity index is 0.00000256. The SMILES string of the molecule is C=C(C)CN=C(N)NCC1CCCC1OC.I. The molecule has 17 heavy (non-hydrogen) atoms. The summed E-state index contributed by atoms with van der Waals surface area (Å²) < 4.78 is 5.42. The van der Waals surface area contributed by atoms with Crippen LogP contribution in [-0.2, 0) is 4.74 Å². The Labute approximate surface area is 121 Å². The first-order valence-corrected chi connectivity index (χ1v) is 5.84. The molecular formula is C12H24IN3O. The van der Waals surface area contributed by atoms with E-state index in [-0.39, 0.29) is 24.0 Å². The maximum atomic E-state index is 5.74. The molecule has 0 aromatic carbocycles. The van der Waals surface area contributed by atoms with Crippen LogP contribution in [0.4, 0.5) is 0 Å². The highest BCUT2D eigenvalue weighted by Crippen LogP contribution is 2.26. The molecule has 0 heterocycles. The van der Waals surface area contributed by atoms with Gasteiger partial charge in [-0.15, -0.1) is 24.0 Å². The van der Waals surface area contributed by atoms with Gasteiger partial charge in [-0.2, -0.15) is 0 Å². The number of rotatable bonds is 5. The molecule has 3 N–H and O–H groups in total. The summed E-state index contributed by atoms with van der Waals surface area (Å²) in [6, 6.07) is 0. The van der Waals surface area contributed by atoms with E-state index in [9.17, 15) is 0 Å². The molecule has 0 spiro atoms. The van der Waals surface area contributed by atoms with Crippen LogP contribution in [0.3, 0.4) is 0 Å². The van der Waals surface area contributed by atoms with Crippen LogP contribution in [-0.4, -0.2) is 32.3 Å². The molecule has 100 valence electrons. The van der Waals surface area contributed by atoms with Crippen molar-refractivity contribution in [1.29, 1.82) is 0 Å². The normalized spacial score (nSPS) is 24.2. The van der Waals surface area contributed by atoms with Crippen molar-refractivity contribution in [3.63, 3.8) is 0 Å². The third-order valence-electron chi connectivity index (χ3n) is 2.96. The van der Waals surface area contributed by atoms with Gasteiger partial charge in [-0.3, -0.25) is 0 Å². The molecule has 0 radical (unpaired) electrons. The highest BCUT2D eigenvalue weighted by atomic mass is 127. The summed E-state index contributed by atoms with van der Waals surface area (Å²) >= 11 is 0. The number of halogens is 1. The van der Waals surface area contributed by atoms with Gasteiger partial charge in [-0.1, -0.05) is 18.6 Å². The highest BCUT2D eigenvalue weighted by Gasteiger charge is 2.26. The smallest absolute Gasteiger partial charge is 0.188 e. The Hall–Kier alpha value is -0.300. The first kappa shape index (κ1) is 16.7. The minimum atomic E-state index is 0. The minimum Gasteiger partial charge on any atom is -0.381 e. The monoisotopic (exact) mass is 353 g/mol. The van der Waals surface area contributed by atoms with E-state index in [1.165, 1.54) is 12.8 Å². The lowest BCUT2D eigenvalue weighted by molar-refractivity contribution is 0.0726. The second-order valence-corrected chi connectivity index (χ2v) is 4.50. The molecule has 1 saturated carbocycles. The van der Waals surface area contributed by atoms with Gasteiger partial charge in [0.1, 0.15) is 0 Å². The predicted molar refractivity (Wildman–Crippen MR) is 82.9 cm³/mol. The third kappa shape index (κ3) is 6.26. The molecule has 0 aromatic heterocycles. The van der Waals surface area contributed by atoms with Gasteiger partial charge in [-0.05, 0) is 19.8 Å². The number of methoxy groups -OCH3 is 1. The van der Waals surface area contributed by atoms with Gasteiger partial charge in [0.15, 0.2) is 5.96 Å². The zero-order chi connectivity index (χ0) is 12.0. The second-order valence-electron chi connectivity index (χ2n) is 4.50. The summed E-state index contributed by atoms with van der Waals surface area (Å²) in [4.78, 5) is 4.18.